The molecule has 0 bridgehead atoms. The molecule has 0 aliphatic carbocycles. The molecular formula is C10H17F2N3O2. The highest BCUT2D eigenvalue weighted by atomic mass is 19.3. The van der Waals surface area contributed by atoms with Gasteiger partial charge in [0.2, 0.25) is 0 Å². The zero-order chi connectivity index (χ0) is 13.3. The van der Waals surface area contributed by atoms with E-state index < -0.39 is 29.9 Å². The minimum Gasteiger partial charge on any atom is -0.318 e. The lowest BCUT2D eigenvalue weighted by Crippen LogP contribution is -2.67. The number of amides is 3. The lowest BCUT2D eigenvalue weighted by molar-refractivity contribution is -0.155. The number of alkyl halides is 2. The van der Waals surface area contributed by atoms with Crippen LogP contribution < -0.4 is 10.6 Å². The third-order valence-corrected chi connectivity index (χ3v) is 2.90. The molecule has 0 saturated carbocycles. The molecular weight excluding hydrogens is 232 g/mol. The van der Waals surface area contributed by atoms with E-state index in [-0.39, 0.29) is 6.42 Å². The SMILES string of the molecule is CC.CN1CCC2(NC(=O)NC2=O)C(F)(F)C1. The van der Waals surface area contributed by atoms with Gasteiger partial charge in [0.25, 0.3) is 11.8 Å². The van der Waals surface area contributed by atoms with Crippen molar-refractivity contribution in [3.63, 3.8) is 0 Å². The topological polar surface area (TPSA) is 61.4 Å². The van der Waals surface area contributed by atoms with Crippen molar-refractivity contribution in [2.45, 2.75) is 31.7 Å². The maximum absolute atomic E-state index is 13.7. The molecule has 1 unspecified atom stereocenters. The number of nitrogens with zero attached hydrogens (tertiary/aromatic N) is 1. The Morgan fingerprint density at radius 2 is 1.88 bits per heavy atom. The number of hydrogen-bond acceptors (Lipinski definition) is 3. The van der Waals surface area contributed by atoms with Crippen molar-refractivity contribution in [3.8, 4) is 0 Å². The van der Waals surface area contributed by atoms with Crippen molar-refractivity contribution in [3.05, 3.63) is 0 Å². The van der Waals surface area contributed by atoms with Crippen LogP contribution in [0.2, 0.25) is 0 Å². The van der Waals surface area contributed by atoms with Crippen molar-refractivity contribution >= 4 is 11.9 Å². The number of urea groups is 1. The summed E-state index contributed by atoms with van der Waals surface area (Å²) < 4.78 is 27.4. The summed E-state index contributed by atoms with van der Waals surface area (Å²) in [7, 11) is 1.55. The summed E-state index contributed by atoms with van der Waals surface area (Å²) in [4.78, 5) is 23.7. The van der Waals surface area contributed by atoms with Gasteiger partial charge in [-0.25, -0.2) is 13.6 Å². The first-order valence-corrected chi connectivity index (χ1v) is 5.57. The van der Waals surface area contributed by atoms with Gasteiger partial charge in [0.1, 0.15) is 0 Å². The molecule has 2 N–H and O–H groups in total. The summed E-state index contributed by atoms with van der Waals surface area (Å²) in [6.45, 7) is 3.82. The fraction of sp³-hybridized carbons (Fsp3) is 0.800. The number of imide groups is 1. The molecule has 2 fully saturated rings. The fourth-order valence-electron chi connectivity index (χ4n) is 2.02. The molecule has 98 valence electrons. The molecule has 2 aliphatic heterocycles. The molecule has 2 aliphatic rings. The maximum atomic E-state index is 13.7. The van der Waals surface area contributed by atoms with Crippen LogP contribution in [0.5, 0.6) is 0 Å². The lowest BCUT2D eigenvalue weighted by Gasteiger charge is -2.41. The van der Waals surface area contributed by atoms with Crippen molar-refractivity contribution in [2.24, 2.45) is 0 Å². The number of halogens is 2. The highest BCUT2D eigenvalue weighted by Gasteiger charge is 2.65. The number of likely N-dealkylation sites (tertiary alicyclic amines) is 1. The summed E-state index contributed by atoms with van der Waals surface area (Å²) >= 11 is 0. The Labute approximate surface area is 98.5 Å². The Hall–Kier alpha value is -1.24. The van der Waals surface area contributed by atoms with Crippen LogP contribution in [0.15, 0.2) is 0 Å². The zero-order valence-corrected chi connectivity index (χ0v) is 10.1. The highest BCUT2D eigenvalue weighted by Crippen LogP contribution is 2.38. The average Bonchev–Trinajstić information content (AvgIpc) is 2.52. The van der Waals surface area contributed by atoms with Crippen LogP contribution in [-0.4, -0.2) is 48.4 Å². The lowest BCUT2D eigenvalue weighted by atomic mass is 9.84. The second kappa shape index (κ2) is 4.56. The van der Waals surface area contributed by atoms with E-state index in [4.69, 9.17) is 0 Å². The molecule has 3 amide bonds. The number of hydrogen-bond donors (Lipinski definition) is 2. The second-order valence-corrected chi connectivity index (χ2v) is 4.01. The molecule has 0 radical (unpaired) electrons. The molecule has 2 saturated heterocycles. The van der Waals surface area contributed by atoms with Gasteiger partial charge >= 0.3 is 6.03 Å². The highest BCUT2D eigenvalue weighted by molar-refractivity contribution is 6.07. The Kier molecular flexibility index (Phi) is 3.71. The minimum atomic E-state index is -3.24. The number of nitrogens with one attached hydrogen (secondary N) is 2. The third kappa shape index (κ3) is 2.11. The van der Waals surface area contributed by atoms with Crippen LogP contribution >= 0.6 is 0 Å². The van der Waals surface area contributed by atoms with Gasteiger partial charge < -0.3 is 10.2 Å². The second-order valence-electron chi connectivity index (χ2n) is 4.01. The molecule has 0 aromatic rings. The summed E-state index contributed by atoms with van der Waals surface area (Å²) in [6, 6.07) is -0.843. The number of carbonyl (C=O) groups excluding carboxylic acids is 2. The molecule has 2 heterocycles. The van der Waals surface area contributed by atoms with Gasteiger partial charge in [0.15, 0.2) is 5.54 Å². The predicted octanol–water partition coefficient (Wildman–Crippen LogP) is 0.562. The standard InChI is InChI=1S/C8H11F2N3O2.C2H6/c1-13-3-2-7(8(9,10)4-13)5(14)11-6(15)12-7;1-2/h2-4H2,1H3,(H2,11,12,14,15);1-2H3. The number of piperidine rings is 1. The van der Waals surface area contributed by atoms with E-state index in [0.29, 0.717) is 6.54 Å². The van der Waals surface area contributed by atoms with E-state index in [2.05, 4.69) is 5.32 Å². The molecule has 1 spiro atoms. The Balaban J connectivity index is 0.000000686. The molecule has 0 aromatic carbocycles. The molecule has 0 aromatic heterocycles. The quantitative estimate of drug-likeness (QED) is 0.617. The fourth-order valence-corrected chi connectivity index (χ4v) is 2.02. The maximum Gasteiger partial charge on any atom is 0.322 e. The van der Waals surface area contributed by atoms with Gasteiger partial charge in [-0.2, -0.15) is 0 Å². The van der Waals surface area contributed by atoms with Crippen LogP contribution in [0.25, 0.3) is 0 Å². The smallest absolute Gasteiger partial charge is 0.318 e. The van der Waals surface area contributed by atoms with Gasteiger partial charge in [-0.3, -0.25) is 10.1 Å². The number of carbonyl (C=O) groups is 2. The summed E-state index contributed by atoms with van der Waals surface area (Å²) in [5.74, 6) is -4.17. The summed E-state index contributed by atoms with van der Waals surface area (Å²) in [5, 5.41) is 3.91. The third-order valence-electron chi connectivity index (χ3n) is 2.90. The number of rotatable bonds is 0. The molecule has 2 rings (SSSR count). The Bertz CT molecular complexity index is 336. The largest absolute Gasteiger partial charge is 0.322 e. The minimum absolute atomic E-state index is 0.0753. The van der Waals surface area contributed by atoms with E-state index in [1.54, 1.807) is 7.05 Å². The van der Waals surface area contributed by atoms with E-state index >= 15 is 0 Å². The van der Waals surface area contributed by atoms with Crippen LogP contribution in [0.4, 0.5) is 13.6 Å². The molecule has 17 heavy (non-hydrogen) atoms. The first-order chi connectivity index (χ1) is 7.87. The van der Waals surface area contributed by atoms with Gasteiger partial charge in [-0.05, 0) is 13.5 Å². The van der Waals surface area contributed by atoms with E-state index in [1.165, 1.54) is 4.90 Å². The van der Waals surface area contributed by atoms with Crippen LogP contribution in [0, 0.1) is 0 Å². The van der Waals surface area contributed by atoms with Crippen LogP contribution in [0.3, 0.4) is 0 Å². The van der Waals surface area contributed by atoms with Crippen molar-refractivity contribution in [2.75, 3.05) is 20.1 Å². The van der Waals surface area contributed by atoms with Crippen molar-refractivity contribution < 1.29 is 18.4 Å². The Morgan fingerprint density at radius 3 is 2.29 bits per heavy atom. The first-order valence-electron chi connectivity index (χ1n) is 5.57. The zero-order valence-electron chi connectivity index (χ0n) is 10.1. The first kappa shape index (κ1) is 13.8. The summed E-state index contributed by atoms with van der Waals surface area (Å²) in [5.41, 5.74) is -2.05. The van der Waals surface area contributed by atoms with Gasteiger partial charge in [0, 0.05) is 6.54 Å². The van der Waals surface area contributed by atoms with E-state index in [9.17, 15) is 18.4 Å². The summed E-state index contributed by atoms with van der Waals surface area (Å²) in [6.07, 6.45) is -0.0753. The average molecular weight is 249 g/mol. The van der Waals surface area contributed by atoms with Crippen LogP contribution in [0.1, 0.15) is 20.3 Å². The monoisotopic (exact) mass is 249 g/mol. The van der Waals surface area contributed by atoms with E-state index in [1.807, 2.05) is 19.2 Å². The van der Waals surface area contributed by atoms with Gasteiger partial charge in [-0.15, -0.1) is 0 Å². The predicted molar refractivity (Wildman–Crippen MR) is 57.8 cm³/mol. The van der Waals surface area contributed by atoms with Gasteiger partial charge in [-0.1, -0.05) is 13.8 Å². The van der Waals surface area contributed by atoms with Crippen molar-refractivity contribution in [1.82, 2.24) is 15.5 Å². The molecule has 5 nitrogen and oxygen atoms in total. The van der Waals surface area contributed by atoms with Crippen LogP contribution in [-0.2, 0) is 4.79 Å². The van der Waals surface area contributed by atoms with Gasteiger partial charge in [0.05, 0.1) is 6.54 Å². The normalized spacial score (nSPS) is 31.6. The molecule has 7 heteroatoms. The van der Waals surface area contributed by atoms with E-state index in [0.717, 1.165) is 0 Å². The Morgan fingerprint density at radius 1 is 1.29 bits per heavy atom. The van der Waals surface area contributed by atoms with Crippen molar-refractivity contribution in [1.29, 1.82) is 0 Å². The molecule has 1 atom stereocenters.